The second-order valence-corrected chi connectivity index (χ2v) is 6.32. The lowest BCUT2D eigenvalue weighted by Crippen LogP contribution is -2.39. The van der Waals surface area contributed by atoms with Gasteiger partial charge in [-0.25, -0.2) is 0 Å². The SMILES string of the molecule is COc1ccc(C2Oc3cc(OC)ccc3C(OC(C)=O)C2OC(C)=O)cc1. The summed E-state index contributed by atoms with van der Waals surface area (Å²) in [5.74, 6) is 0.789. The van der Waals surface area contributed by atoms with Crippen LogP contribution in [0.2, 0.25) is 0 Å². The molecule has 0 N–H and O–H groups in total. The zero-order valence-electron chi connectivity index (χ0n) is 16.1. The molecule has 0 fully saturated rings. The van der Waals surface area contributed by atoms with E-state index < -0.39 is 30.3 Å². The van der Waals surface area contributed by atoms with Gasteiger partial charge in [-0.05, 0) is 29.8 Å². The Bertz CT molecular complexity index is 860. The number of carbonyl (C=O) groups is 2. The summed E-state index contributed by atoms with van der Waals surface area (Å²) in [4.78, 5) is 23.5. The van der Waals surface area contributed by atoms with Gasteiger partial charge in [-0.2, -0.15) is 0 Å². The topological polar surface area (TPSA) is 80.3 Å². The lowest BCUT2D eigenvalue weighted by Gasteiger charge is -2.38. The average Bonchev–Trinajstić information content (AvgIpc) is 2.68. The van der Waals surface area contributed by atoms with Gasteiger partial charge in [0.1, 0.15) is 17.2 Å². The molecule has 0 amide bonds. The van der Waals surface area contributed by atoms with Crippen molar-refractivity contribution >= 4 is 11.9 Å². The monoisotopic (exact) mass is 386 g/mol. The van der Waals surface area contributed by atoms with Gasteiger partial charge in [0.15, 0.2) is 18.3 Å². The van der Waals surface area contributed by atoms with Crippen molar-refractivity contribution in [3.8, 4) is 17.2 Å². The molecule has 0 aliphatic carbocycles. The largest absolute Gasteiger partial charge is 0.497 e. The molecule has 1 heterocycles. The quantitative estimate of drug-likeness (QED) is 0.729. The van der Waals surface area contributed by atoms with E-state index in [1.807, 2.05) is 12.1 Å². The van der Waals surface area contributed by atoms with Crippen molar-refractivity contribution in [2.24, 2.45) is 0 Å². The molecule has 7 nitrogen and oxygen atoms in total. The Kier molecular flexibility index (Phi) is 5.73. The predicted octanol–water partition coefficient (Wildman–Crippen LogP) is 3.37. The van der Waals surface area contributed by atoms with Crippen molar-refractivity contribution in [3.05, 3.63) is 53.6 Å². The summed E-state index contributed by atoms with van der Waals surface area (Å²) >= 11 is 0. The predicted molar refractivity (Wildman–Crippen MR) is 99.4 cm³/mol. The van der Waals surface area contributed by atoms with Crippen molar-refractivity contribution in [1.82, 2.24) is 0 Å². The maximum atomic E-state index is 11.8. The minimum absolute atomic E-state index is 0.487. The van der Waals surface area contributed by atoms with Gasteiger partial charge in [0.25, 0.3) is 0 Å². The molecule has 0 saturated carbocycles. The standard InChI is InChI=1S/C21H22O7/c1-12(22)26-20-17-10-9-16(25-4)11-18(17)28-19(21(20)27-13(2)23)14-5-7-15(24-3)8-6-14/h5-11,19-21H,1-4H3. The van der Waals surface area contributed by atoms with Gasteiger partial charge in [-0.1, -0.05) is 12.1 Å². The van der Waals surface area contributed by atoms with Crippen LogP contribution in [0.15, 0.2) is 42.5 Å². The van der Waals surface area contributed by atoms with Crippen LogP contribution in [0.4, 0.5) is 0 Å². The molecule has 0 bridgehead atoms. The maximum absolute atomic E-state index is 11.8. The van der Waals surface area contributed by atoms with Crippen LogP contribution < -0.4 is 14.2 Å². The van der Waals surface area contributed by atoms with Crippen LogP contribution in [-0.2, 0) is 19.1 Å². The molecular formula is C21H22O7. The molecule has 148 valence electrons. The molecule has 7 heteroatoms. The van der Waals surface area contributed by atoms with Crippen LogP contribution >= 0.6 is 0 Å². The fourth-order valence-corrected chi connectivity index (χ4v) is 3.19. The molecule has 1 aliphatic rings. The molecule has 0 aromatic heterocycles. The second kappa shape index (κ2) is 8.21. The Labute approximate surface area is 163 Å². The Morgan fingerprint density at radius 2 is 1.46 bits per heavy atom. The first kappa shape index (κ1) is 19.5. The van der Waals surface area contributed by atoms with Crippen LogP contribution in [0.3, 0.4) is 0 Å². The van der Waals surface area contributed by atoms with Crippen LogP contribution in [0.1, 0.15) is 37.2 Å². The van der Waals surface area contributed by atoms with Crippen molar-refractivity contribution in [2.75, 3.05) is 14.2 Å². The summed E-state index contributed by atoms with van der Waals surface area (Å²) in [5, 5.41) is 0. The highest BCUT2D eigenvalue weighted by Gasteiger charge is 2.44. The van der Waals surface area contributed by atoms with Crippen molar-refractivity contribution in [1.29, 1.82) is 0 Å². The third-order valence-electron chi connectivity index (χ3n) is 4.42. The Morgan fingerprint density at radius 3 is 2.04 bits per heavy atom. The summed E-state index contributed by atoms with van der Waals surface area (Å²) in [6.07, 6.45) is -2.35. The lowest BCUT2D eigenvalue weighted by molar-refractivity contribution is -0.178. The van der Waals surface area contributed by atoms with Crippen LogP contribution in [0.25, 0.3) is 0 Å². The highest BCUT2D eigenvalue weighted by atomic mass is 16.6. The molecule has 3 unspecified atom stereocenters. The van der Waals surface area contributed by atoms with E-state index in [1.54, 1.807) is 44.6 Å². The third kappa shape index (κ3) is 4.03. The molecule has 0 spiro atoms. The summed E-state index contributed by atoms with van der Waals surface area (Å²) in [5.41, 5.74) is 1.35. The number of fused-ring (bicyclic) bond motifs is 1. The van der Waals surface area contributed by atoms with Gasteiger partial charge >= 0.3 is 11.9 Å². The molecule has 2 aromatic carbocycles. The number of esters is 2. The summed E-state index contributed by atoms with van der Waals surface area (Å²) in [6, 6.07) is 12.4. The van der Waals surface area contributed by atoms with E-state index >= 15 is 0 Å². The zero-order chi connectivity index (χ0) is 20.3. The zero-order valence-corrected chi connectivity index (χ0v) is 16.1. The molecule has 0 saturated heterocycles. The first-order chi connectivity index (χ1) is 13.4. The van der Waals surface area contributed by atoms with E-state index in [-0.39, 0.29) is 0 Å². The summed E-state index contributed by atoms with van der Waals surface area (Å²) in [6.45, 7) is 2.62. The minimum Gasteiger partial charge on any atom is -0.497 e. The number of rotatable bonds is 5. The summed E-state index contributed by atoms with van der Waals surface area (Å²) in [7, 11) is 3.13. The number of ether oxygens (including phenoxy) is 5. The second-order valence-electron chi connectivity index (χ2n) is 6.32. The van der Waals surface area contributed by atoms with Crippen molar-refractivity contribution < 1.29 is 33.3 Å². The van der Waals surface area contributed by atoms with Crippen LogP contribution in [0.5, 0.6) is 17.2 Å². The number of benzene rings is 2. The van der Waals surface area contributed by atoms with Gasteiger partial charge in [0, 0.05) is 25.5 Å². The van der Waals surface area contributed by atoms with E-state index in [1.165, 1.54) is 13.8 Å². The first-order valence-electron chi connectivity index (χ1n) is 8.76. The highest BCUT2D eigenvalue weighted by Crippen LogP contribution is 2.46. The molecule has 3 rings (SSSR count). The number of hydrogen-bond donors (Lipinski definition) is 0. The average molecular weight is 386 g/mol. The van der Waals surface area contributed by atoms with Gasteiger partial charge in [0.05, 0.1) is 14.2 Å². The Balaban J connectivity index is 2.09. The molecule has 28 heavy (non-hydrogen) atoms. The van der Waals surface area contributed by atoms with Gasteiger partial charge in [-0.3, -0.25) is 9.59 Å². The molecule has 0 radical (unpaired) electrons. The van der Waals surface area contributed by atoms with Crippen molar-refractivity contribution in [3.63, 3.8) is 0 Å². The van der Waals surface area contributed by atoms with Gasteiger partial charge in [-0.15, -0.1) is 0 Å². The van der Waals surface area contributed by atoms with E-state index in [0.29, 0.717) is 22.8 Å². The number of hydrogen-bond acceptors (Lipinski definition) is 7. The molecular weight excluding hydrogens is 364 g/mol. The van der Waals surface area contributed by atoms with E-state index in [4.69, 9.17) is 23.7 Å². The fraction of sp³-hybridized carbons (Fsp3) is 0.333. The minimum atomic E-state index is -0.851. The normalized spacial score (nSPS) is 20.4. The first-order valence-corrected chi connectivity index (χ1v) is 8.76. The Hall–Kier alpha value is -3.22. The lowest BCUT2D eigenvalue weighted by atomic mass is 9.91. The van der Waals surface area contributed by atoms with E-state index in [2.05, 4.69) is 0 Å². The molecule has 1 aliphatic heterocycles. The smallest absolute Gasteiger partial charge is 0.303 e. The van der Waals surface area contributed by atoms with Gasteiger partial charge in [0.2, 0.25) is 0 Å². The maximum Gasteiger partial charge on any atom is 0.303 e. The molecule has 3 atom stereocenters. The Morgan fingerprint density at radius 1 is 0.857 bits per heavy atom. The fourth-order valence-electron chi connectivity index (χ4n) is 3.19. The van der Waals surface area contributed by atoms with Crippen LogP contribution in [-0.4, -0.2) is 32.3 Å². The van der Waals surface area contributed by atoms with Crippen LogP contribution in [0, 0.1) is 0 Å². The number of carbonyl (C=O) groups excluding carboxylic acids is 2. The number of methoxy groups -OCH3 is 2. The molecule has 2 aromatic rings. The summed E-state index contributed by atoms with van der Waals surface area (Å²) < 4.78 is 27.7. The van der Waals surface area contributed by atoms with E-state index in [0.717, 1.165) is 5.56 Å². The van der Waals surface area contributed by atoms with Crippen molar-refractivity contribution in [2.45, 2.75) is 32.2 Å². The highest BCUT2D eigenvalue weighted by molar-refractivity contribution is 5.68. The van der Waals surface area contributed by atoms with Gasteiger partial charge < -0.3 is 23.7 Å². The third-order valence-corrected chi connectivity index (χ3v) is 4.42. The van der Waals surface area contributed by atoms with E-state index in [9.17, 15) is 9.59 Å².